The molecule has 1 aromatic heterocycles. The summed E-state index contributed by atoms with van der Waals surface area (Å²) in [5, 5.41) is 1.17. The fourth-order valence-corrected chi connectivity index (χ4v) is 2.93. The molecule has 0 bridgehead atoms. The number of ether oxygens (including phenoxy) is 1. The monoisotopic (exact) mass is 369 g/mol. The maximum Gasteiger partial charge on any atom is 0.134 e. The van der Waals surface area contributed by atoms with Crippen LogP contribution in [0.2, 0.25) is 0 Å². The molecule has 0 saturated carbocycles. The zero-order valence-electron chi connectivity index (χ0n) is 17.8. The number of hydrogen-bond acceptors (Lipinski definition) is 3. The van der Waals surface area contributed by atoms with Gasteiger partial charge in [-0.3, -0.25) is 4.90 Å². The summed E-state index contributed by atoms with van der Waals surface area (Å²) >= 11 is 0. The highest BCUT2D eigenvalue weighted by atomic mass is 16.5. The van der Waals surface area contributed by atoms with Gasteiger partial charge in [-0.1, -0.05) is 52.1 Å². The van der Waals surface area contributed by atoms with Crippen molar-refractivity contribution in [3.05, 3.63) is 72.7 Å². The third-order valence-electron chi connectivity index (χ3n) is 4.19. The minimum absolute atomic E-state index is 0.162. The Bertz CT molecular complexity index is 768. The van der Waals surface area contributed by atoms with Crippen LogP contribution in [0.3, 0.4) is 0 Å². The summed E-state index contributed by atoms with van der Waals surface area (Å²) in [6.45, 7) is 22.9. The van der Waals surface area contributed by atoms with Gasteiger partial charge < -0.3 is 9.15 Å². The predicted octanol–water partition coefficient (Wildman–Crippen LogP) is 6.51. The SMILES string of the molecule is C=CC1=C(C=C)OC(C)(C)CN(CC)C1.CC.Cc1ccc2ccoc2c1. The van der Waals surface area contributed by atoms with Gasteiger partial charge >= 0.3 is 0 Å². The molecule has 0 fully saturated rings. The summed E-state index contributed by atoms with van der Waals surface area (Å²) in [7, 11) is 0. The minimum Gasteiger partial charge on any atom is -0.486 e. The Morgan fingerprint density at radius 1 is 1.15 bits per heavy atom. The van der Waals surface area contributed by atoms with Gasteiger partial charge in [-0.25, -0.2) is 0 Å². The maximum atomic E-state index is 5.93. The first kappa shape index (κ1) is 22.8. The van der Waals surface area contributed by atoms with Crippen molar-refractivity contribution in [3.63, 3.8) is 0 Å². The predicted molar refractivity (Wildman–Crippen MR) is 117 cm³/mol. The average Bonchev–Trinajstić information content (AvgIpc) is 3.07. The van der Waals surface area contributed by atoms with Gasteiger partial charge in [-0.2, -0.15) is 0 Å². The van der Waals surface area contributed by atoms with E-state index < -0.39 is 0 Å². The lowest BCUT2D eigenvalue weighted by molar-refractivity contribution is 0.0220. The van der Waals surface area contributed by atoms with Crippen LogP contribution in [0.4, 0.5) is 0 Å². The van der Waals surface area contributed by atoms with Gasteiger partial charge in [0, 0.05) is 24.0 Å². The van der Waals surface area contributed by atoms with Crippen LogP contribution < -0.4 is 0 Å². The van der Waals surface area contributed by atoms with Crippen molar-refractivity contribution in [2.24, 2.45) is 0 Å². The lowest BCUT2D eigenvalue weighted by Gasteiger charge is -2.29. The quantitative estimate of drug-likeness (QED) is 0.616. The van der Waals surface area contributed by atoms with E-state index >= 15 is 0 Å². The molecule has 0 saturated heterocycles. The Balaban J connectivity index is 0.000000262. The topological polar surface area (TPSA) is 25.6 Å². The minimum atomic E-state index is -0.162. The maximum absolute atomic E-state index is 5.93. The Labute approximate surface area is 165 Å². The van der Waals surface area contributed by atoms with Gasteiger partial charge in [0.25, 0.3) is 0 Å². The van der Waals surface area contributed by atoms with Crippen LogP contribution in [0.15, 0.2) is 71.6 Å². The fraction of sp³-hybridized carbons (Fsp3) is 0.417. The summed E-state index contributed by atoms with van der Waals surface area (Å²) in [6.07, 6.45) is 5.35. The lowest BCUT2D eigenvalue weighted by Crippen LogP contribution is -2.38. The molecule has 3 rings (SSSR count). The zero-order valence-corrected chi connectivity index (χ0v) is 17.8. The van der Waals surface area contributed by atoms with Gasteiger partial charge in [-0.05, 0) is 51.1 Å². The van der Waals surface area contributed by atoms with Crippen molar-refractivity contribution in [3.8, 4) is 0 Å². The molecule has 0 unspecified atom stereocenters. The van der Waals surface area contributed by atoms with Crippen molar-refractivity contribution < 1.29 is 9.15 Å². The largest absolute Gasteiger partial charge is 0.486 e. The number of nitrogens with zero attached hydrogens (tertiary/aromatic N) is 1. The highest BCUT2D eigenvalue weighted by molar-refractivity contribution is 5.77. The number of furan rings is 1. The van der Waals surface area contributed by atoms with Crippen molar-refractivity contribution in [1.29, 1.82) is 0 Å². The van der Waals surface area contributed by atoms with Crippen molar-refractivity contribution >= 4 is 11.0 Å². The molecule has 1 aliphatic heterocycles. The number of benzene rings is 1. The molecule has 0 N–H and O–H groups in total. The Hall–Kier alpha value is -2.26. The van der Waals surface area contributed by atoms with E-state index in [0.717, 1.165) is 36.5 Å². The van der Waals surface area contributed by atoms with Gasteiger partial charge in [0.15, 0.2) is 0 Å². The summed E-state index contributed by atoms with van der Waals surface area (Å²) in [6, 6.07) is 8.15. The number of hydrogen-bond donors (Lipinski definition) is 0. The highest BCUT2D eigenvalue weighted by Crippen LogP contribution is 2.24. The van der Waals surface area contributed by atoms with E-state index in [4.69, 9.17) is 9.15 Å². The van der Waals surface area contributed by atoms with Crippen LogP contribution in [-0.4, -0.2) is 30.1 Å². The smallest absolute Gasteiger partial charge is 0.134 e. The molecule has 2 aromatic rings. The first-order chi connectivity index (χ1) is 12.9. The van der Waals surface area contributed by atoms with E-state index in [1.165, 1.54) is 10.9 Å². The first-order valence-corrected chi connectivity index (χ1v) is 9.71. The van der Waals surface area contributed by atoms with Gasteiger partial charge in [0.05, 0.1) is 6.26 Å². The molecule has 3 nitrogen and oxygen atoms in total. The van der Waals surface area contributed by atoms with E-state index in [0.29, 0.717) is 0 Å². The molecule has 0 radical (unpaired) electrons. The van der Waals surface area contributed by atoms with Crippen LogP contribution in [0.5, 0.6) is 0 Å². The third-order valence-corrected chi connectivity index (χ3v) is 4.19. The van der Waals surface area contributed by atoms with Crippen molar-refractivity contribution in [2.45, 2.75) is 47.1 Å². The van der Waals surface area contributed by atoms with Crippen molar-refractivity contribution in [2.75, 3.05) is 19.6 Å². The van der Waals surface area contributed by atoms with Gasteiger partial charge in [-0.15, -0.1) is 0 Å². The number of rotatable bonds is 3. The van der Waals surface area contributed by atoms with Crippen LogP contribution in [0.25, 0.3) is 11.0 Å². The van der Waals surface area contributed by atoms with Crippen LogP contribution in [0, 0.1) is 6.92 Å². The molecule has 1 aliphatic rings. The van der Waals surface area contributed by atoms with E-state index in [9.17, 15) is 0 Å². The Kier molecular flexibility index (Phi) is 9.10. The van der Waals surface area contributed by atoms with E-state index in [1.807, 2.05) is 32.1 Å². The molecule has 27 heavy (non-hydrogen) atoms. The number of likely N-dealkylation sites (N-methyl/N-ethyl adjacent to an activating group) is 1. The van der Waals surface area contributed by atoms with E-state index in [-0.39, 0.29) is 5.60 Å². The fourth-order valence-electron chi connectivity index (χ4n) is 2.93. The molecule has 0 atom stereocenters. The standard InChI is InChI=1S/C13H21NO.C9H8O.C2H6/c1-6-11-9-14(8-3)10-13(4,5)15-12(11)7-2;1-7-2-3-8-4-5-10-9(8)6-7;1-2/h6-7H,1-2,8-10H2,3-5H3;2-6H,1H3;1-2H3. The lowest BCUT2D eigenvalue weighted by atomic mass is 10.1. The summed E-state index contributed by atoms with van der Waals surface area (Å²) in [5.74, 6) is 0.867. The molecule has 0 aliphatic carbocycles. The number of fused-ring (bicyclic) bond motifs is 1. The van der Waals surface area contributed by atoms with E-state index in [1.54, 1.807) is 12.3 Å². The highest BCUT2D eigenvalue weighted by Gasteiger charge is 2.27. The van der Waals surface area contributed by atoms with Gasteiger partial charge in [0.1, 0.15) is 16.9 Å². The Morgan fingerprint density at radius 2 is 1.85 bits per heavy atom. The number of aryl methyl sites for hydroxylation is 1. The summed E-state index contributed by atoms with van der Waals surface area (Å²) < 4.78 is 11.1. The first-order valence-electron chi connectivity index (χ1n) is 9.71. The molecule has 0 spiro atoms. The number of allylic oxidation sites excluding steroid dienone is 1. The second kappa shape index (κ2) is 10.8. The Morgan fingerprint density at radius 3 is 2.44 bits per heavy atom. The molecular weight excluding hydrogens is 334 g/mol. The molecule has 2 heterocycles. The van der Waals surface area contributed by atoms with Crippen LogP contribution >= 0.6 is 0 Å². The molecule has 1 aromatic carbocycles. The van der Waals surface area contributed by atoms with Gasteiger partial charge in [0.2, 0.25) is 0 Å². The van der Waals surface area contributed by atoms with E-state index in [2.05, 4.69) is 57.9 Å². The summed E-state index contributed by atoms with van der Waals surface area (Å²) in [4.78, 5) is 2.35. The summed E-state index contributed by atoms with van der Waals surface area (Å²) in [5.41, 5.74) is 3.17. The van der Waals surface area contributed by atoms with Crippen LogP contribution in [-0.2, 0) is 4.74 Å². The average molecular weight is 370 g/mol. The molecule has 3 heteroatoms. The normalized spacial score (nSPS) is 16.2. The zero-order chi connectivity index (χ0) is 20.4. The molecule has 0 amide bonds. The van der Waals surface area contributed by atoms with Crippen molar-refractivity contribution in [1.82, 2.24) is 4.90 Å². The third kappa shape index (κ3) is 6.76. The second-order valence-corrected chi connectivity index (χ2v) is 6.92. The van der Waals surface area contributed by atoms with Crippen LogP contribution in [0.1, 0.15) is 40.2 Å². The second-order valence-electron chi connectivity index (χ2n) is 6.92. The molecular formula is C24H35NO2. The molecule has 148 valence electrons.